The fourth-order valence-corrected chi connectivity index (χ4v) is 5.87. The van der Waals surface area contributed by atoms with Gasteiger partial charge in [0.1, 0.15) is 12.1 Å². The highest BCUT2D eigenvalue weighted by Crippen LogP contribution is 2.42. The zero-order chi connectivity index (χ0) is 24.9. The van der Waals surface area contributed by atoms with Crippen LogP contribution in [0.5, 0.6) is 0 Å². The fourth-order valence-electron chi connectivity index (χ4n) is 4.96. The Morgan fingerprint density at radius 3 is 1.14 bits per heavy atom. The van der Waals surface area contributed by atoms with Crippen molar-refractivity contribution in [3.05, 3.63) is 144 Å². The Hall–Kier alpha value is -3.75. The van der Waals surface area contributed by atoms with Crippen LogP contribution >= 0.6 is 8.58 Å². The first-order chi connectivity index (χ1) is 18.3. The van der Waals surface area contributed by atoms with Gasteiger partial charge in [0, 0.05) is 12.3 Å². The highest BCUT2D eigenvalue weighted by Gasteiger charge is 2.35. The second-order valence-electron chi connectivity index (χ2n) is 9.26. The van der Waals surface area contributed by atoms with Crippen molar-refractivity contribution in [2.45, 2.75) is 24.3 Å². The predicted molar refractivity (Wildman–Crippen MR) is 152 cm³/mol. The van der Waals surface area contributed by atoms with Gasteiger partial charge in [-0.1, -0.05) is 121 Å². The third kappa shape index (κ3) is 5.35. The monoisotopic (exact) mass is 504 g/mol. The summed E-state index contributed by atoms with van der Waals surface area (Å²) in [6, 6.07) is 41.6. The summed E-state index contributed by atoms with van der Waals surface area (Å²) >= 11 is 0. The largest absolute Gasteiger partial charge is 0.470 e. The standard InChI is InChI=1S/C32H29N2O2P/c1-5-13-23(14-6-1)29-31(25-17-9-3-10-18-25)35-27(33-29)21-37-22-28-34-30(24-15-7-2-8-16-24)32(36-28)26-19-11-4-12-20-26/h1-20,29-32,37H,21-22H2. The molecular formula is C32H29N2O2P. The molecule has 0 saturated heterocycles. The van der Waals surface area contributed by atoms with Crippen LogP contribution in [0.2, 0.25) is 0 Å². The van der Waals surface area contributed by atoms with Gasteiger partial charge in [-0.15, -0.1) is 8.58 Å². The van der Waals surface area contributed by atoms with Gasteiger partial charge in [-0.05, 0) is 22.3 Å². The second kappa shape index (κ2) is 11.1. The summed E-state index contributed by atoms with van der Waals surface area (Å²) in [6.07, 6.45) is 1.35. The van der Waals surface area contributed by atoms with Crippen molar-refractivity contribution in [3.63, 3.8) is 0 Å². The molecule has 4 unspecified atom stereocenters. The Kier molecular flexibility index (Phi) is 7.10. The number of nitrogens with zero attached hydrogens (tertiary/aromatic N) is 2. The normalized spacial score (nSPS) is 22.9. The topological polar surface area (TPSA) is 43.2 Å². The first-order valence-corrected chi connectivity index (χ1v) is 14.1. The lowest BCUT2D eigenvalue weighted by Gasteiger charge is -2.18. The number of aliphatic imine (C=N–C) groups is 2. The van der Waals surface area contributed by atoms with E-state index < -0.39 is 0 Å². The summed E-state index contributed by atoms with van der Waals surface area (Å²) in [6.45, 7) is 0. The molecule has 0 bridgehead atoms. The maximum absolute atomic E-state index is 6.44. The van der Waals surface area contributed by atoms with Crippen LogP contribution in [0.4, 0.5) is 0 Å². The van der Waals surface area contributed by atoms with Gasteiger partial charge in [-0.3, -0.25) is 0 Å². The SMILES string of the molecule is c1ccc(C2N=C(CPCC3=NC(c4ccccc4)C(c4ccccc4)O3)OC2c2ccccc2)cc1. The molecule has 184 valence electrons. The number of hydrogen-bond donors (Lipinski definition) is 0. The van der Waals surface area contributed by atoms with Crippen molar-refractivity contribution < 1.29 is 9.47 Å². The van der Waals surface area contributed by atoms with E-state index in [1.165, 1.54) is 11.1 Å². The molecule has 0 amide bonds. The minimum absolute atomic E-state index is 0.0339. The van der Waals surface area contributed by atoms with Crippen molar-refractivity contribution in [3.8, 4) is 0 Å². The number of benzene rings is 4. The number of rotatable bonds is 8. The van der Waals surface area contributed by atoms with Crippen LogP contribution in [-0.4, -0.2) is 24.1 Å². The van der Waals surface area contributed by atoms with Crippen molar-refractivity contribution in [1.29, 1.82) is 0 Å². The van der Waals surface area contributed by atoms with Gasteiger partial charge in [0.2, 0.25) is 0 Å². The van der Waals surface area contributed by atoms with Crippen LogP contribution in [0.25, 0.3) is 0 Å². The van der Waals surface area contributed by atoms with Crippen LogP contribution in [-0.2, 0) is 9.47 Å². The van der Waals surface area contributed by atoms with Crippen molar-refractivity contribution in [1.82, 2.24) is 0 Å². The van der Waals surface area contributed by atoms with E-state index in [2.05, 4.69) is 97.1 Å². The van der Waals surface area contributed by atoms with Crippen molar-refractivity contribution in [2.75, 3.05) is 12.3 Å². The zero-order valence-corrected chi connectivity index (χ0v) is 21.5. The molecule has 4 nitrogen and oxygen atoms in total. The van der Waals surface area contributed by atoms with E-state index in [4.69, 9.17) is 19.5 Å². The summed E-state index contributed by atoms with van der Waals surface area (Å²) in [7, 11) is 0.578. The third-order valence-electron chi connectivity index (χ3n) is 6.76. The average molecular weight is 505 g/mol. The molecule has 5 heteroatoms. The lowest BCUT2D eigenvalue weighted by Crippen LogP contribution is -2.11. The molecule has 0 radical (unpaired) electrons. The van der Waals surface area contributed by atoms with Gasteiger partial charge in [0.05, 0.1) is 0 Å². The van der Waals surface area contributed by atoms with Crippen LogP contribution in [0, 0.1) is 0 Å². The van der Waals surface area contributed by atoms with Crippen LogP contribution in [0.15, 0.2) is 131 Å². The summed E-state index contributed by atoms with van der Waals surface area (Å²) in [5.41, 5.74) is 4.65. The van der Waals surface area contributed by atoms with E-state index in [1.54, 1.807) is 0 Å². The third-order valence-corrected chi connectivity index (χ3v) is 7.86. The molecule has 4 aromatic rings. The number of hydrogen-bond acceptors (Lipinski definition) is 4. The molecule has 2 heterocycles. The fraction of sp³-hybridized carbons (Fsp3) is 0.188. The Balaban J connectivity index is 1.15. The Labute approximate surface area is 219 Å². The second-order valence-corrected chi connectivity index (χ2v) is 10.5. The maximum Gasteiger partial charge on any atom is 0.188 e. The summed E-state index contributed by atoms with van der Waals surface area (Å²) in [5.74, 6) is 1.64. The molecule has 37 heavy (non-hydrogen) atoms. The molecule has 4 atom stereocenters. The Morgan fingerprint density at radius 2 is 0.784 bits per heavy atom. The molecule has 2 aliphatic heterocycles. The predicted octanol–water partition coefficient (Wildman–Crippen LogP) is 7.49. The first-order valence-electron chi connectivity index (χ1n) is 12.7. The molecule has 0 spiro atoms. The Bertz CT molecular complexity index is 1250. The van der Waals surface area contributed by atoms with E-state index in [9.17, 15) is 0 Å². The molecule has 0 saturated carbocycles. The van der Waals surface area contributed by atoms with Crippen molar-refractivity contribution in [2.24, 2.45) is 9.98 Å². The quantitative estimate of drug-likeness (QED) is 0.233. The molecule has 0 aliphatic carbocycles. The molecule has 6 rings (SSSR count). The highest BCUT2D eigenvalue weighted by atomic mass is 31.1. The van der Waals surface area contributed by atoms with Gasteiger partial charge in [0.15, 0.2) is 24.0 Å². The minimum atomic E-state index is -0.103. The molecule has 2 aliphatic rings. The summed E-state index contributed by atoms with van der Waals surface area (Å²) in [4.78, 5) is 10.1. The molecule has 0 N–H and O–H groups in total. The van der Waals surface area contributed by atoms with E-state index in [0.717, 1.165) is 35.2 Å². The smallest absolute Gasteiger partial charge is 0.188 e. The maximum atomic E-state index is 6.44. The van der Waals surface area contributed by atoms with E-state index in [1.807, 2.05) is 24.3 Å². The van der Waals surface area contributed by atoms with Gasteiger partial charge in [0.25, 0.3) is 0 Å². The van der Waals surface area contributed by atoms with Gasteiger partial charge in [-0.2, -0.15) is 0 Å². The summed E-state index contributed by atoms with van der Waals surface area (Å²) < 4.78 is 12.9. The minimum Gasteiger partial charge on any atom is -0.470 e. The Morgan fingerprint density at radius 1 is 0.459 bits per heavy atom. The van der Waals surface area contributed by atoms with Crippen LogP contribution in [0.3, 0.4) is 0 Å². The van der Waals surface area contributed by atoms with Gasteiger partial charge in [-0.25, -0.2) is 9.98 Å². The first kappa shape index (κ1) is 23.6. The van der Waals surface area contributed by atoms with Crippen molar-refractivity contribution >= 4 is 20.4 Å². The molecular weight excluding hydrogens is 475 g/mol. The van der Waals surface area contributed by atoms with Crippen LogP contribution < -0.4 is 0 Å². The molecule has 4 aromatic carbocycles. The lowest BCUT2D eigenvalue weighted by molar-refractivity contribution is 0.195. The zero-order valence-electron chi connectivity index (χ0n) is 20.5. The molecule has 0 aromatic heterocycles. The van der Waals surface area contributed by atoms with Gasteiger partial charge >= 0.3 is 0 Å². The lowest BCUT2D eigenvalue weighted by atomic mass is 9.97. The van der Waals surface area contributed by atoms with Gasteiger partial charge < -0.3 is 9.47 Å². The van der Waals surface area contributed by atoms with E-state index in [-0.39, 0.29) is 24.3 Å². The highest BCUT2D eigenvalue weighted by molar-refractivity contribution is 7.40. The van der Waals surface area contributed by atoms with E-state index >= 15 is 0 Å². The summed E-state index contributed by atoms with van der Waals surface area (Å²) in [5, 5.41) is 0. The average Bonchev–Trinajstić information content (AvgIpc) is 3.60. The van der Waals surface area contributed by atoms with E-state index in [0.29, 0.717) is 8.58 Å². The molecule has 0 fully saturated rings. The van der Waals surface area contributed by atoms with Crippen LogP contribution in [0.1, 0.15) is 46.5 Å². The number of ether oxygens (including phenoxy) is 2.